The highest BCUT2D eigenvalue weighted by Crippen LogP contribution is 2.40. The summed E-state index contributed by atoms with van der Waals surface area (Å²) in [5.41, 5.74) is 0.540. The van der Waals surface area contributed by atoms with E-state index in [1.54, 1.807) is 0 Å². The molecule has 1 aliphatic rings. The number of rotatable bonds is 8. The van der Waals surface area contributed by atoms with Crippen molar-refractivity contribution in [3.05, 3.63) is 40.3 Å². The highest BCUT2D eigenvalue weighted by molar-refractivity contribution is 7.91. The fraction of sp³-hybridized carbons (Fsp3) is 0.312. The minimum atomic E-state index is -4.21. The van der Waals surface area contributed by atoms with Gasteiger partial charge in [0.1, 0.15) is 9.23 Å². The van der Waals surface area contributed by atoms with E-state index >= 15 is 0 Å². The van der Waals surface area contributed by atoms with E-state index in [1.165, 1.54) is 24.4 Å². The fourth-order valence-electron chi connectivity index (χ4n) is 2.81. The SMILES string of the molecule is O=S(=O)(c1ccc(-c2ncc(Cl)c([NH+]([O-])c3cc(C4CC4)n(O)n3)n2)s1)N(O)CCO. The Morgan fingerprint density at radius 1 is 1.39 bits per heavy atom. The topological polar surface area (TPSA) is 169 Å². The lowest BCUT2D eigenvalue weighted by Gasteiger charge is -2.18. The van der Waals surface area contributed by atoms with E-state index in [0.29, 0.717) is 15.4 Å². The van der Waals surface area contributed by atoms with Crippen molar-refractivity contribution in [3.63, 3.8) is 0 Å². The smallest absolute Gasteiger partial charge is 0.274 e. The number of nitrogens with one attached hydrogen (secondary N) is 1. The number of quaternary nitrogens is 1. The molecule has 0 bridgehead atoms. The van der Waals surface area contributed by atoms with E-state index in [4.69, 9.17) is 16.7 Å². The highest BCUT2D eigenvalue weighted by atomic mass is 35.5. The summed E-state index contributed by atoms with van der Waals surface area (Å²) in [6, 6.07) is 4.17. The van der Waals surface area contributed by atoms with Gasteiger partial charge in [-0.2, -0.15) is 4.98 Å². The minimum Gasteiger partial charge on any atom is -0.621 e. The maximum Gasteiger partial charge on any atom is 0.274 e. The molecule has 12 nitrogen and oxygen atoms in total. The number of sulfonamides is 1. The lowest BCUT2D eigenvalue weighted by Crippen LogP contribution is -2.97. The Balaban J connectivity index is 1.64. The molecule has 0 radical (unpaired) electrons. The van der Waals surface area contributed by atoms with Gasteiger partial charge in [0, 0.05) is 12.0 Å². The predicted octanol–water partition coefficient (Wildman–Crippen LogP) is 0.888. The number of hydrogen-bond acceptors (Lipinski definition) is 10. The van der Waals surface area contributed by atoms with Crippen molar-refractivity contribution in [2.75, 3.05) is 13.2 Å². The Kier molecular flexibility index (Phi) is 5.97. The largest absolute Gasteiger partial charge is 0.621 e. The molecule has 1 fully saturated rings. The van der Waals surface area contributed by atoms with Gasteiger partial charge in [0.05, 0.1) is 29.9 Å². The van der Waals surface area contributed by atoms with Crippen LogP contribution in [0.1, 0.15) is 24.5 Å². The third-order valence-electron chi connectivity index (χ3n) is 4.53. The minimum absolute atomic E-state index is 0.0228. The van der Waals surface area contributed by atoms with Gasteiger partial charge in [-0.1, -0.05) is 21.2 Å². The number of hydrogen-bond donors (Lipinski definition) is 4. The maximum atomic E-state index is 12.9. The van der Waals surface area contributed by atoms with E-state index in [9.17, 15) is 24.0 Å². The second-order valence-corrected chi connectivity index (χ2v) is 10.3. The van der Waals surface area contributed by atoms with Crippen LogP contribution in [0.3, 0.4) is 0 Å². The van der Waals surface area contributed by atoms with Crippen LogP contribution in [0.15, 0.2) is 28.6 Å². The van der Waals surface area contributed by atoms with Gasteiger partial charge in [0.2, 0.25) is 0 Å². The van der Waals surface area contributed by atoms with Crippen LogP contribution in [0, 0.1) is 5.21 Å². The Bertz CT molecular complexity index is 1210. The first-order valence-corrected chi connectivity index (χ1v) is 11.6. The number of aliphatic hydroxyl groups excluding tert-OH is 1. The Hall–Kier alpha value is -2.17. The first-order valence-electron chi connectivity index (χ1n) is 9.01. The molecule has 0 aliphatic heterocycles. The van der Waals surface area contributed by atoms with Gasteiger partial charge in [0.25, 0.3) is 21.7 Å². The van der Waals surface area contributed by atoms with Crippen molar-refractivity contribution in [1.82, 2.24) is 24.4 Å². The molecule has 0 aromatic carbocycles. The monoisotopic (exact) mass is 488 g/mol. The van der Waals surface area contributed by atoms with Crippen LogP contribution in [0.4, 0.5) is 11.6 Å². The average Bonchev–Trinajstić information content (AvgIpc) is 3.30. The van der Waals surface area contributed by atoms with Crippen molar-refractivity contribution in [2.24, 2.45) is 0 Å². The Labute approximate surface area is 185 Å². The maximum absolute atomic E-state index is 12.9. The molecule has 3 aromatic rings. The summed E-state index contributed by atoms with van der Waals surface area (Å²) in [6.07, 6.45) is 3.03. The van der Waals surface area contributed by atoms with Gasteiger partial charge in [-0.25, -0.2) is 13.4 Å². The highest BCUT2D eigenvalue weighted by Gasteiger charge is 2.31. The van der Waals surface area contributed by atoms with E-state index in [1.807, 2.05) is 0 Å². The molecule has 166 valence electrons. The van der Waals surface area contributed by atoms with E-state index in [0.717, 1.165) is 24.2 Å². The van der Waals surface area contributed by atoms with Crippen molar-refractivity contribution >= 4 is 44.6 Å². The zero-order valence-electron chi connectivity index (χ0n) is 15.7. The molecular formula is C16H17ClN6O6S2. The van der Waals surface area contributed by atoms with Crippen LogP contribution in [0.2, 0.25) is 5.02 Å². The third kappa shape index (κ3) is 4.28. The third-order valence-corrected chi connectivity index (χ3v) is 7.95. The molecule has 1 saturated carbocycles. The molecule has 1 atom stereocenters. The number of aromatic nitrogens is 4. The second-order valence-electron chi connectivity index (χ2n) is 6.73. The molecule has 15 heteroatoms. The summed E-state index contributed by atoms with van der Waals surface area (Å²) in [7, 11) is -4.21. The van der Waals surface area contributed by atoms with Gasteiger partial charge < -0.3 is 15.5 Å². The van der Waals surface area contributed by atoms with Gasteiger partial charge >= 0.3 is 0 Å². The molecule has 1 unspecified atom stereocenters. The summed E-state index contributed by atoms with van der Waals surface area (Å²) in [4.78, 5) is 9.22. The van der Waals surface area contributed by atoms with Crippen LogP contribution in [-0.4, -0.2) is 61.5 Å². The van der Waals surface area contributed by atoms with Crippen LogP contribution >= 0.6 is 22.9 Å². The standard InChI is InChI=1S/C16H17ClN6O6S2/c17-10-8-18-15(12-3-4-14(30-12)31(28,29)21(25)5-6-24)19-16(10)22(26)13-7-11(9-1-2-9)23(27)20-13/h3-4,7-9,22,24-25,27H,1-2,5-6H2. The summed E-state index contributed by atoms with van der Waals surface area (Å²) in [5.74, 6) is 0.0508. The zero-order valence-corrected chi connectivity index (χ0v) is 18.1. The Morgan fingerprint density at radius 3 is 2.81 bits per heavy atom. The molecule has 4 N–H and O–H groups in total. The van der Waals surface area contributed by atoms with Crippen molar-refractivity contribution in [2.45, 2.75) is 23.0 Å². The molecule has 3 heterocycles. The predicted molar refractivity (Wildman–Crippen MR) is 108 cm³/mol. The van der Waals surface area contributed by atoms with E-state index < -0.39 is 28.2 Å². The normalized spacial score (nSPS) is 15.5. The number of nitrogens with zero attached hydrogens (tertiary/aromatic N) is 5. The van der Waals surface area contributed by atoms with E-state index in [2.05, 4.69) is 15.1 Å². The van der Waals surface area contributed by atoms with Crippen molar-refractivity contribution < 1.29 is 29.0 Å². The molecule has 1 aliphatic carbocycles. The molecule has 0 spiro atoms. The lowest BCUT2D eigenvalue weighted by atomic mass is 10.3. The van der Waals surface area contributed by atoms with Crippen LogP contribution in [0.5, 0.6) is 0 Å². The van der Waals surface area contributed by atoms with Crippen LogP contribution < -0.4 is 5.06 Å². The summed E-state index contributed by atoms with van der Waals surface area (Å²) in [5, 5.41) is 44.4. The second kappa shape index (κ2) is 8.40. The molecule has 0 amide bonds. The fourth-order valence-corrected chi connectivity index (χ4v) is 5.39. The number of halogens is 1. The molecule has 3 aromatic heterocycles. The Morgan fingerprint density at radius 2 is 2.13 bits per heavy atom. The lowest BCUT2D eigenvalue weighted by molar-refractivity contribution is -0.704. The number of hydroxylamine groups is 1. The van der Waals surface area contributed by atoms with Gasteiger partial charge in [-0.05, 0) is 25.0 Å². The van der Waals surface area contributed by atoms with Crippen molar-refractivity contribution in [1.29, 1.82) is 0 Å². The first kappa shape index (κ1) is 22.0. The van der Waals surface area contributed by atoms with Gasteiger partial charge in [-0.15, -0.1) is 16.2 Å². The van der Waals surface area contributed by atoms with Crippen LogP contribution in [-0.2, 0) is 10.0 Å². The number of thiophene rings is 1. The molecule has 4 rings (SSSR count). The van der Waals surface area contributed by atoms with E-state index in [-0.39, 0.29) is 37.1 Å². The summed E-state index contributed by atoms with van der Waals surface area (Å²) < 4.78 is 24.4. The molecular weight excluding hydrogens is 472 g/mol. The number of aliphatic hydroxyl groups is 1. The van der Waals surface area contributed by atoms with Gasteiger partial charge in [-0.3, -0.25) is 10.3 Å². The summed E-state index contributed by atoms with van der Waals surface area (Å²) >= 11 is 6.88. The molecule has 31 heavy (non-hydrogen) atoms. The first-order chi connectivity index (χ1) is 14.7. The average molecular weight is 489 g/mol. The zero-order chi connectivity index (χ0) is 22.3. The van der Waals surface area contributed by atoms with Crippen molar-refractivity contribution in [3.8, 4) is 10.7 Å². The molecule has 0 saturated heterocycles. The quantitative estimate of drug-likeness (QED) is 0.265. The van der Waals surface area contributed by atoms with Crippen LogP contribution in [0.25, 0.3) is 10.7 Å². The summed E-state index contributed by atoms with van der Waals surface area (Å²) in [6.45, 7) is -1.03. The van der Waals surface area contributed by atoms with Gasteiger partial charge in [0.15, 0.2) is 5.82 Å².